The van der Waals surface area contributed by atoms with Gasteiger partial charge in [0.1, 0.15) is 10.8 Å². The molecule has 0 unspecified atom stereocenters. The summed E-state index contributed by atoms with van der Waals surface area (Å²) in [6.45, 7) is 5.86. The summed E-state index contributed by atoms with van der Waals surface area (Å²) in [7, 11) is -1.93. The van der Waals surface area contributed by atoms with Gasteiger partial charge >= 0.3 is 0 Å². The van der Waals surface area contributed by atoms with Crippen LogP contribution in [0.2, 0.25) is 5.02 Å². The fraction of sp³-hybridized carbons (Fsp3) is 0.581. The van der Waals surface area contributed by atoms with Gasteiger partial charge < -0.3 is 21.1 Å². The van der Waals surface area contributed by atoms with Gasteiger partial charge in [-0.25, -0.2) is 13.4 Å². The van der Waals surface area contributed by atoms with Crippen LogP contribution in [0.4, 0.5) is 23.1 Å². The molecule has 0 amide bonds. The van der Waals surface area contributed by atoms with Crippen LogP contribution < -0.4 is 21.1 Å². The van der Waals surface area contributed by atoms with E-state index in [1.54, 1.807) is 13.2 Å². The van der Waals surface area contributed by atoms with Crippen LogP contribution in [-0.4, -0.2) is 46.1 Å². The molecule has 0 spiro atoms. The minimum absolute atomic E-state index is 0.0109. The van der Waals surface area contributed by atoms with E-state index in [2.05, 4.69) is 44.8 Å². The Morgan fingerprint density at radius 1 is 1.07 bits per heavy atom. The van der Waals surface area contributed by atoms with Crippen LogP contribution in [0.1, 0.15) is 88.7 Å². The highest BCUT2D eigenvalue weighted by Crippen LogP contribution is 2.41. The van der Waals surface area contributed by atoms with E-state index in [-0.39, 0.29) is 33.6 Å². The fourth-order valence-corrected chi connectivity index (χ4v) is 7.14. The molecule has 0 atom stereocenters. The standard InChI is InChI=1S/C28H37ClN6O3S.C3H7N/c1-17(2)16-39(36,37)27-24(15-35(4)34-27)31-26-22(29)14-30-28(33-26)32-23-12-18(3)21(19-8-6-5-7-9-19)13-25(23)38-20-10-11-20;4-3-1-2-3/h12-15,17,19-20H,5-11,16H2,1-4H3,(H2,30,31,32,33);3H,1-2,4H2. The zero-order chi connectivity index (χ0) is 30.7. The second-order valence-corrected chi connectivity index (χ2v) is 14.9. The average Bonchev–Trinajstić information content (AvgIpc) is 3.88. The molecule has 3 aromatic rings. The third-order valence-electron chi connectivity index (χ3n) is 7.74. The smallest absolute Gasteiger partial charge is 0.229 e. The Hall–Kier alpha value is -2.89. The van der Waals surface area contributed by atoms with Gasteiger partial charge in [0, 0.05) is 19.3 Å². The number of nitrogens with zero attached hydrogens (tertiary/aromatic N) is 4. The normalized spacial score (nSPS) is 17.4. The van der Waals surface area contributed by atoms with Crippen molar-refractivity contribution in [2.75, 3.05) is 16.4 Å². The van der Waals surface area contributed by atoms with Crippen molar-refractivity contribution in [1.82, 2.24) is 19.7 Å². The molecule has 234 valence electrons. The molecule has 3 aliphatic carbocycles. The van der Waals surface area contributed by atoms with Crippen LogP contribution in [0.5, 0.6) is 5.75 Å². The van der Waals surface area contributed by atoms with Crippen molar-refractivity contribution in [2.45, 2.75) is 102 Å². The lowest BCUT2D eigenvalue weighted by atomic mass is 9.82. The topological polar surface area (TPSA) is 137 Å². The largest absolute Gasteiger partial charge is 0.488 e. The van der Waals surface area contributed by atoms with E-state index in [0.717, 1.165) is 24.3 Å². The number of hydrogen-bond donors (Lipinski definition) is 3. The number of aryl methyl sites for hydroxylation is 2. The molecule has 1 aromatic carbocycles. The zero-order valence-electron chi connectivity index (χ0n) is 25.6. The number of nitrogens with two attached hydrogens (primary N) is 1. The van der Waals surface area contributed by atoms with E-state index in [9.17, 15) is 8.42 Å². The molecule has 10 nitrogen and oxygen atoms in total. The van der Waals surface area contributed by atoms with Gasteiger partial charge in [-0.15, -0.1) is 0 Å². The first-order valence-electron chi connectivity index (χ1n) is 15.4. The molecule has 3 aliphatic rings. The lowest BCUT2D eigenvalue weighted by Crippen LogP contribution is -2.14. The van der Waals surface area contributed by atoms with Crippen molar-refractivity contribution < 1.29 is 13.2 Å². The number of hydrogen-bond acceptors (Lipinski definition) is 9. The Morgan fingerprint density at radius 2 is 1.77 bits per heavy atom. The number of anilines is 4. The lowest BCUT2D eigenvalue weighted by Gasteiger charge is -2.25. The number of ether oxygens (including phenoxy) is 1. The molecule has 4 N–H and O–H groups in total. The molecule has 2 aromatic heterocycles. The van der Waals surface area contributed by atoms with Crippen molar-refractivity contribution in [3.8, 4) is 5.75 Å². The molecule has 3 saturated carbocycles. The maximum absolute atomic E-state index is 13.0. The van der Waals surface area contributed by atoms with Crippen LogP contribution in [-0.2, 0) is 16.9 Å². The average molecular weight is 630 g/mol. The summed E-state index contributed by atoms with van der Waals surface area (Å²) in [5.74, 6) is 1.93. The first kappa shape index (κ1) is 31.5. The predicted octanol–water partition coefficient (Wildman–Crippen LogP) is 6.79. The van der Waals surface area contributed by atoms with Gasteiger partial charge in [-0.2, -0.15) is 10.1 Å². The second-order valence-electron chi connectivity index (χ2n) is 12.5. The molecule has 12 heteroatoms. The maximum Gasteiger partial charge on any atom is 0.229 e. The van der Waals surface area contributed by atoms with Crippen molar-refractivity contribution in [3.05, 3.63) is 40.7 Å². The first-order valence-corrected chi connectivity index (χ1v) is 17.4. The Balaban J connectivity index is 0.000000850. The highest BCUT2D eigenvalue weighted by atomic mass is 35.5. The van der Waals surface area contributed by atoms with Gasteiger partial charge in [-0.05, 0) is 80.5 Å². The third-order valence-corrected chi connectivity index (χ3v) is 10.0. The number of nitrogens with one attached hydrogen (secondary N) is 2. The van der Waals surface area contributed by atoms with Gasteiger partial charge in [0.2, 0.25) is 11.0 Å². The summed E-state index contributed by atoms with van der Waals surface area (Å²) in [5, 5.41) is 10.8. The summed E-state index contributed by atoms with van der Waals surface area (Å²) in [6.07, 6.45) is 14.3. The highest BCUT2D eigenvalue weighted by molar-refractivity contribution is 7.91. The molecule has 0 radical (unpaired) electrons. The number of sulfone groups is 1. The molecule has 0 bridgehead atoms. The Bertz CT molecular complexity index is 1530. The third kappa shape index (κ3) is 8.61. The monoisotopic (exact) mass is 629 g/mol. The highest BCUT2D eigenvalue weighted by Gasteiger charge is 2.28. The summed E-state index contributed by atoms with van der Waals surface area (Å²) in [6, 6.07) is 4.90. The summed E-state index contributed by atoms with van der Waals surface area (Å²) in [5.41, 5.74) is 8.92. The van der Waals surface area contributed by atoms with Gasteiger partial charge in [-0.1, -0.05) is 44.7 Å². The quantitative estimate of drug-likeness (QED) is 0.221. The minimum Gasteiger partial charge on any atom is -0.488 e. The van der Waals surface area contributed by atoms with Crippen LogP contribution >= 0.6 is 11.6 Å². The number of aromatic nitrogens is 4. The van der Waals surface area contributed by atoms with Crippen molar-refractivity contribution >= 4 is 44.6 Å². The van der Waals surface area contributed by atoms with Crippen molar-refractivity contribution in [1.29, 1.82) is 0 Å². The molecule has 0 saturated heterocycles. The van der Waals surface area contributed by atoms with E-state index < -0.39 is 9.84 Å². The van der Waals surface area contributed by atoms with Gasteiger partial charge in [-0.3, -0.25) is 4.68 Å². The van der Waals surface area contributed by atoms with Crippen molar-refractivity contribution in [2.24, 2.45) is 18.7 Å². The fourth-order valence-electron chi connectivity index (χ4n) is 5.28. The second kappa shape index (κ2) is 13.4. The van der Waals surface area contributed by atoms with Gasteiger partial charge in [0.25, 0.3) is 0 Å². The van der Waals surface area contributed by atoms with Gasteiger partial charge in [0.05, 0.1) is 29.4 Å². The van der Waals surface area contributed by atoms with Gasteiger partial charge in [0.15, 0.2) is 15.7 Å². The molecule has 6 rings (SSSR count). The SMILES string of the molecule is Cc1cc(Nc2ncc(Cl)c(Nc3cn(C)nc3S(=O)(=O)CC(C)C)n2)c(OC2CC2)cc1C1CCCCC1.NC1CC1. The van der Waals surface area contributed by atoms with E-state index in [1.807, 2.05) is 13.8 Å². The van der Waals surface area contributed by atoms with E-state index >= 15 is 0 Å². The lowest BCUT2D eigenvalue weighted by molar-refractivity contribution is 0.304. The maximum atomic E-state index is 13.0. The summed E-state index contributed by atoms with van der Waals surface area (Å²) < 4.78 is 33.7. The molecule has 2 heterocycles. The number of halogens is 1. The van der Waals surface area contributed by atoms with Crippen LogP contribution in [0.25, 0.3) is 0 Å². The Labute approximate surface area is 260 Å². The molecule has 0 aliphatic heterocycles. The first-order chi connectivity index (χ1) is 20.5. The van der Waals surface area contributed by atoms with Crippen LogP contribution in [0.3, 0.4) is 0 Å². The summed E-state index contributed by atoms with van der Waals surface area (Å²) >= 11 is 6.43. The summed E-state index contributed by atoms with van der Waals surface area (Å²) in [4.78, 5) is 8.96. The number of benzene rings is 1. The Kier molecular flexibility index (Phi) is 9.83. The minimum atomic E-state index is -3.60. The van der Waals surface area contributed by atoms with E-state index in [0.29, 0.717) is 23.6 Å². The van der Waals surface area contributed by atoms with Crippen LogP contribution in [0, 0.1) is 12.8 Å². The predicted molar refractivity (Wildman–Crippen MR) is 172 cm³/mol. The van der Waals surface area contributed by atoms with Crippen LogP contribution in [0.15, 0.2) is 29.6 Å². The molecule has 3 fully saturated rings. The number of rotatable bonds is 10. The molecule has 43 heavy (non-hydrogen) atoms. The molecular formula is C31H44ClN7O3S. The van der Waals surface area contributed by atoms with Crippen molar-refractivity contribution in [3.63, 3.8) is 0 Å². The molecular weight excluding hydrogens is 586 g/mol. The zero-order valence-corrected chi connectivity index (χ0v) is 27.1. The van der Waals surface area contributed by atoms with E-state index in [4.69, 9.17) is 22.1 Å². The van der Waals surface area contributed by atoms with E-state index in [1.165, 1.54) is 67.0 Å². The Morgan fingerprint density at radius 3 is 2.40 bits per heavy atom.